The topological polar surface area (TPSA) is 67.4 Å². The van der Waals surface area contributed by atoms with Crippen LogP contribution in [0.2, 0.25) is 0 Å². The van der Waals surface area contributed by atoms with Crippen LogP contribution in [0.1, 0.15) is 30.5 Å². The molecule has 0 unspecified atom stereocenters. The highest BCUT2D eigenvalue weighted by molar-refractivity contribution is 7.26. The Morgan fingerprint density at radius 3 is 2.08 bits per heavy atom. The lowest BCUT2D eigenvalue weighted by molar-refractivity contribution is 0.667. The molecule has 5 nitrogen and oxygen atoms in total. The highest BCUT2D eigenvalue weighted by atomic mass is 32.1. The van der Waals surface area contributed by atoms with Crippen LogP contribution in [0.3, 0.4) is 0 Å². The summed E-state index contributed by atoms with van der Waals surface area (Å²) in [6, 6.07) is 46.1. The molecule has 0 N–H and O–H groups in total. The van der Waals surface area contributed by atoms with E-state index < -0.39 is 0 Å². The van der Waals surface area contributed by atoms with Gasteiger partial charge < -0.3 is 0 Å². The van der Waals surface area contributed by atoms with Gasteiger partial charge in [0.05, 0.1) is 22.7 Å². The molecule has 3 aromatic heterocycles. The highest BCUT2D eigenvalue weighted by Gasteiger charge is 2.40. The number of thiophene rings is 1. The third kappa shape index (κ3) is 3.88. The average Bonchev–Trinajstić information content (AvgIpc) is 3.78. The molecule has 6 heteroatoms. The van der Waals surface area contributed by atoms with Crippen LogP contribution in [0.25, 0.3) is 81.8 Å². The van der Waals surface area contributed by atoms with E-state index in [4.69, 9.17) is 15.0 Å². The molecule has 3 heterocycles. The second-order valence-corrected chi connectivity index (χ2v) is 14.2. The van der Waals surface area contributed by atoms with Crippen LogP contribution in [0, 0.1) is 11.3 Å². The number of benzene rings is 6. The standard InChI is InChI=1S/C43H27N5S/c1-43(2)31-17-9-6-14-28(31)35-37(43)34-29-15-7-10-18-32(29)48(38(34)36-30-16-8-11-19-33(30)49-39(35)36)42-46-40(26-12-4-3-5-13-26)45-41(47-42)27-22-20-25(24-44)21-23-27/h3-23H,1-2H3. The first-order valence-electron chi connectivity index (χ1n) is 16.4. The third-order valence-electron chi connectivity index (χ3n) is 10.1. The summed E-state index contributed by atoms with van der Waals surface area (Å²) in [4.78, 5) is 15.5. The van der Waals surface area contributed by atoms with Crippen LogP contribution in [0.4, 0.5) is 0 Å². The van der Waals surface area contributed by atoms with Crippen LogP contribution in [0.15, 0.2) is 127 Å². The monoisotopic (exact) mass is 645 g/mol. The quantitative estimate of drug-likeness (QED) is 0.192. The Kier molecular flexibility index (Phi) is 5.79. The van der Waals surface area contributed by atoms with Gasteiger partial charge in [-0.2, -0.15) is 15.2 Å². The van der Waals surface area contributed by atoms with Crippen molar-refractivity contribution in [2.45, 2.75) is 19.3 Å². The minimum Gasteiger partial charge on any atom is -0.277 e. The van der Waals surface area contributed by atoms with Gasteiger partial charge in [0, 0.05) is 53.1 Å². The molecule has 0 saturated heterocycles. The Bertz CT molecular complexity index is 2850. The summed E-state index contributed by atoms with van der Waals surface area (Å²) >= 11 is 1.87. The number of aromatic nitrogens is 4. The van der Waals surface area contributed by atoms with Gasteiger partial charge in [0.1, 0.15) is 0 Å². The minimum absolute atomic E-state index is 0.231. The zero-order valence-electron chi connectivity index (χ0n) is 26.8. The van der Waals surface area contributed by atoms with Crippen molar-refractivity contribution in [3.63, 3.8) is 0 Å². The molecule has 0 fully saturated rings. The molecule has 49 heavy (non-hydrogen) atoms. The average molecular weight is 646 g/mol. The van der Waals surface area contributed by atoms with Crippen molar-refractivity contribution in [3.8, 4) is 45.9 Å². The number of nitriles is 1. The van der Waals surface area contributed by atoms with Gasteiger partial charge in [-0.25, -0.2) is 4.98 Å². The fraction of sp³-hybridized carbons (Fsp3) is 0.0698. The zero-order valence-corrected chi connectivity index (χ0v) is 27.6. The first-order valence-corrected chi connectivity index (χ1v) is 17.2. The van der Waals surface area contributed by atoms with Crippen molar-refractivity contribution >= 4 is 53.3 Å². The van der Waals surface area contributed by atoms with E-state index in [9.17, 15) is 5.26 Å². The third-order valence-corrected chi connectivity index (χ3v) is 11.2. The van der Waals surface area contributed by atoms with Gasteiger partial charge in [0.25, 0.3) is 0 Å². The predicted molar refractivity (Wildman–Crippen MR) is 200 cm³/mol. The summed E-state index contributed by atoms with van der Waals surface area (Å²) in [6.45, 7) is 4.73. The van der Waals surface area contributed by atoms with E-state index in [-0.39, 0.29) is 5.41 Å². The molecule has 0 radical (unpaired) electrons. The van der Waals surface area contributed by atoms with Gasteiger partial charge in [0.2, 0.25) is 5.95 Å². The van der Waals surface area contributed by atoms with Crippen LogP contribution in [-0.2, 0) is 5.41 Å². The minimum atomic E-state index is -0.231. The highest BCUT2D eigenvalue weighted by Crippen LogP contribution is 2.58. The van der Waals surface area contributed by atoms with E-state index in [1.54, 1.807) is 0 Å². The number of fused-ring (bicyclic) bond motifs is 12. The number of rotatable bonds is 3. The fourth-order valence-electron chi connectivity index (χ4n) is 7.90. The molecule has 0 saturated carbocycles. The molecular weight excluding hydrogens is 619 g/mol. The van der Waals surface area contributed by atoms with Gasteiger partial charge in [-0.1, -0.05) is 105 Å². The summed E-state index contributed by atoms with van der Waals surface area (Å²) in [5, 5.41) is 14.3. The molecule has 0 aliphatic heterocycles. The molecule has 1 aliphatic rings. The molecule has 6 aromatic carbocycles. The SMILES string of the molecule is CC1(C)c2ccccc2-c2c1c1c3ccccc3n(-c3nc(-c4ccccc4)nc(-c4ccc(C#N)cc4)n3)c1c1c2sc2ccccc21. The van der Waals surface area contributed by atoms with Gasteiger partial charge in [-0.05, 0) is 53.1 Å². The normalized spacial score (nSPS) is 13.2. The summed E-state index contributed by atoms with van der Waals surface area (Å²) in [5.74, 6) is 1.71. The Balaban J connectivity index is 1.41. The van der Waals surface area contributed by atoms with Gasteiger partial charge in [0.15, 0.2) is 11.6 Å². The lowest BCUT2D eigenvalue weighted by Crippen LogP contribution is -2.15. The van der Waals surface area contributed by atoms with Crippen molar-refractivity contribution < 1.29 is 0 Å². The summed E-state index contributed by atoms with van der Waals surface area (Å²) < 4.78 is 4.81. The van der Waals surface area contributed by atoms with E-state index in [0.29, 0.717) is 23.2 Å². The Hall–Kier alpha value is -6.16. The summed E-state index contributed by atoms with van der Waals surface area (Å²) in [7, 11) is 0. The summed E-state index contributed by atoms with van der Waals surface area (Å²) in [5.41, 5.74) is 9.60. The van der Waals surface area contributed by atoms with Crippen molar-refractivity contribution in [1.82, 2.24) is 19.5 Å². The number of hydrogen-bond acceptors (Lipinski definition) is 5. The Morgan fingerprint density at radius 1 is 0.653 bits per heavy atom. The maximum absolute atomic E-state index is 9.47. The van der Waals surface area contributed by atoms with Gasteiger partial charge >= 0.3 is 0 Å². The van der Waals surface area contributed by atoms with Crippen molar-refractivity contribution in [2.75, 3.05) is 0 Å². The maximum Gasteiger partial charge on any atom is 0.238 e. The van der Waals surface area contributed by atoms with E-state index in [0.717, 1.165) is 22.2 Å². The Morgan fingerprint density at radius 2 is 1.31 bits per heavy atom. The fourth-order valence-corrected chi connectivity index (χ4v) is 9.17. The van der Waals surface area contributed by atoms with Crippen molar-refractivity contribution in [2.24, 2.45) is 0 Å². The zero-order chi connectivity index (χ0) is 32.9. The predicted octanol–water partition coefficient (Wildman–Crippen LogP) is 10.8. The largest absolute Gasteiger partial charge is 0.277 e. The number of nitrogens with zero attached hydrogens (tertiary/aromatic N) is 5. The molecule has 9 aromatic rings. The molecular formula is C43H27N5S. The molecule has 230 valence electrons. The summed E-state index contributed by atoms with van der Waals surface area (Å²) in [6.07, 6.45) is 0. The van der Waals surface area contributed by atoms with Crippen LogP contribution in [-0.4, -0.2) is 19.5 Å². The second kappa shape index (κ2) is 10.2. The van der Waals surface area contributed by atoms with E-state index >= 15 is 0 Å². The molecule has 1 aliphatic carbocycles. The first-order chi connectivity index (χ1) is 24.0. The van der Waals surface area contributed by atoms with Crippen LogP contribution < -0.4 is 0 Å². The lowest BCUT2D eigenvalue weighted by Gasteiger charge is -2.23. The van der Waals surface area contributed by atoms with Crippen LogP contribution >= 0.6 is 11.3 Å². The molecule has 0 atom stereocenters. The van der Waals surface area contributed by atoms with Crippen molar-refractivity contribution in [1.29, 1.82) is 5.26 Å². The van der Waals surface area contributed by atoms with E-state index in [1.165, 1.54) is 53.2 Å². The van der Waals surface area contributed by atoms with Gasteiger partial charge in [-0.15, -0.1) is 11.3 Å². The maximum atomic E-state index is 9.47. The molecule has 10 rings (SSSR count). The molecule has 0 amide bonds. The lowest BCUT2D eigenvalue weighted by atomic mass is 9.80. The molecule has 0 spiro atoms. The van der Waals surface area contributed by atoms with E-state index in [1.807, 2.05) is 65.9 Å². The first kappa shape index (κ1) is 27.9. The van der Waals surface area contributed by atoms with Crippen molar-refractivity contribution in [3.05, 3.63) is 144 Å². The smallest absolute Gasteiger partial charge is 0.238 e. The number of para-hydroxylation sites is 1. The number of hydrogen-bond donors (Lipinski definition) is 0. The van der Waals surface area contributed by atoms with E-state index in [2.05, 4.69) is 97.3 Å². The molecule has 0 bridgehead atoms. The Labute approximate surface area is 286 Å². The van der Waals surface area contributed by atoms with Gasteiger partial charge in [-0.3, -0.25) is 4.57 Å². The van der Waals surface area contributed by atoms with Crippen LogP contribution in [0.5, 0.6) is 0 Å². The second-order valence-electron chi connectivity index (χ2n) is 13.1.